The topological polar surface area (TPSA) is 29.3 Å². The molecule has 0 bridgehead atoms. The minimum atomic E-state index is -4.11. The van der Waals surface area contributed by atoms with Gasteiger partial charge in [-0.1, -0.05) is 19.8 Å². The Labute approximate surface area is 101 Å². The highest BCUT2D eigenvalue weighted by Gasteiger charge is 2.36. The van der Waals surface area contributed by atoms with Crippen molar-refractivity contribution in [2.24, 2.45) is 11.7 Å². The highest BCUT2D eigenvalue weighted by atomic mass is 19.4. The van der Waals surface area contributed by atoms with Crippen molar-refractivity contribution in [2.45, 2.75) is 51.2 Å². The normalized spacial score (nSPS) is 26.5. The first-order valence-corrected chi connectivity index (χ1v) is 6.48. The summed E-state index contributed by atoms with van der Waals surface area (Å²) in [4.78, 5) is 1.59. The third kappa shape index (κ3) is 4.84. The molecular weight excluding hydrogens is 229 g/mol. The van der Waals surface area contributed by atoms with Crippen molar-refractivity contribution in [1.82, 2.24) is 4.90 Å². The van der Waals surface area contributed by atoms with Gasteiger partial charge in [0, 0.05) is 6.04 Å². The Morgan fingerprint density at radius 3 is 2.41 bits per heavy atom. The Hall–Kier alpha value is -0.290. The van der Waals surface area contributed by atoms with Gasteiger partial charge in [-0.25, -0.2) is 0 Å². The maximum absolute atomic E-state index is 12.5. The van der Waals surface area contributed by atoms with Crippen LogP contribution in [0.3, 0.4) is 0 Å². The number of hydrogen-bond acceptors (Lipinski definition) is 2. The fourth-order valence-corrected chi connectivity index (χ4v) is 2.82. The molecule has 0 spiro atoms. The Morgan fingerprint density at radius 1 is 1.24 bits per heavy atom. The number of nitrogens with two attached hydrogens (primary N) is 1. The molecule has 1 aliphatic carbocycles. The number of nitrogens with zero attached hydrogens (tertiary/aromatic N) is 1. The number of hydrogen-bond donors (Lipinski definition) is 1. The zero-order valence-corrected chi connectivity index (χ0v) is 10.5. The molecule has 2 N–H and O–H groups in total. The summed E-state index contributed by atoms with van der Waals surface area (Å²) in [5.41, 5.74) is 5.68. The number of halogens is 3. The van der Waals surface area contributed by atoms with Crippen molar-refractivity contribution in [3.8, 4) is 0 Å². The minimum absolute atomic E-state index is 0.0234. The Bertz CT molecular complexity index is 218. The first-order chi connectivity index (χ1) is 7.98. The lowest BCUT2D eigenvalue weighted by molar-refractivity contribution is -0.154. The molecule has 17 heavy (non-hydrogen) atoms. The van der Waals surface area contributed by atoms with E-state index in [9.17, 15) is 13.2 Å². The zero-order chi connectivity index (χ0) is 12.9. The fraction of sp³-hybridized carbons (Fsp3) is 1.00. The van der Waals surface area contributed by atoms with E-state index in [4.69, 9.17) is 5.73 Å². The van der Waals surface area contributed by atoms with Crippen LogP contribution in [0.4, 0.5) is 13.2 Å². The van der Waals surface area contributed by atoms with Crippen molar-refractivity contribution in [3.05, 3.63) is 0 Å². The van der Waals surface area contributed by atoms with Gasteiger partial charge in [0.25, 0.3) is 0 Å². The second-order valence-corrected chi connectivity index (χ2v) is 4.93. The molecule has 1 fully saturated rings. The summed E-state index contributed by atoms with van der Waals surface area (Å²) in [6.45, 7) is 2.15. The van der Waals surface area contributed by atoms with Crippen molar-refractivity contribution in [2.75, 3.05) is 19.6 Å². The van der Waals surface area contributed by atoms with Crippen LogP contribution in [-0.4, -0.2) is 36.8 Å². The second kappa shape index (κ2) is 6.59. The van der Waals surface area contributed by atoms with E-state index < -0.39 is 12.7 Å². The average Bonchev–Trinajstić information content (AvgIpc) is 2.27. The summed E-state index contributed by atoms with van der Waals surface area (Å²) in [6, 6.07) is 0.0234. The quantitative estimate of drug-likeness (QED) is 0.815. The summed E-state index contributed by atoms with van der Waals surface area (Å²) in [5.74, 6) is 0.234. The van der Waals surface area contributed by atoms with E-state index in [1.54, 1.807) is 4.90 Å². The van der Waals surface area contributed by atoms with Crippen molar-refractivity contribution >= 4 is 0 Å². The Kier molecular flexibility index (Phi) is 5.73. The van der Waals surface area contributed by atoms with E-state index in [1.165, 1.54) is 0 Å². The largest absolute Gasteiger partial charge is 0.401 e. The molecule has 102 valence electrons. The third-order valence-electron chi connectivity index (χ3n) is 3.53. The summed E-state index contributed by atoms with van der Waals surface area (Å²) < 4.78 is 37.6. The molecule has 1 rings (SSSR count). The van der Waals surface area contributed by atoms with Gasteiger partial charge < -0.3 is 5.73 Å². The van der Waals surface area contributed by atoms with Gasteiger partial charge in [-0.05, 0) is 38.3 Å². The first-order valence-electron chi connectivity index (χ1n) is 6.48. The monoisotopic (exact) mass is 252 g/mol. The Balaban J connectivity index is 2.66. The Morgan fingerprint density at radius 2 is 1.88 bits per heavy atom. The fourth-order valence-electron chi connectivity index (χ4n) is 2.82. The highest BCUT2D eigenvalue weighted by Crippen LogP contribution is 2.30. The summed E-state index contributed by atoms with van der Waals surface area (Å²) in [6.07, 6.45) is 0.608. The molecule has 0 aromatic heterocycles. The van der Waals surface area contributed by atoms with Crippen molar-refractivity contribution in [1.29, 1.82) is 0 Å². The SMILES string of the molecule is CCCN(CC(F)(F)F)C1CCCCC1CN. The molecular formula is C12H23F3N2. The molecule has 2 nitrogen and oxygen atoms in total. The lowest BCUT2D eigenvalue weighted by Gasteiger charge is -2.39. The van der Waals surface area contributed by atoms with Crippen LogP contribution in [0.15, 0.2) is 0 Å². The molecule has 1 saturated carbocycles. The van der Waals surface area contributed by atoms with Gasteiger partial charge in [0.05, 0.1) is 6.54 Å². The third-order valence-corrected chi connectivity index (χ3v) is 3.53. The van der Waals surface area contributed by atoms with Crippen LogP contribution in [0, 0.1) is 5.92 Å². The molecule has 2 unspecified atom stereocenters. The van der Waals surface area contributed by atoms with E-state index in [0.29, 0.717) is 13.1 Å². The lowest BCUT2D eigenvalue weighted by Crippen LogP contribution is -2.48. The second-order valence-electron chi connectivity index (χ2n) is 4.93. The van der Waals surface area contributed by atoms with Crippen LogP contribution in [0.2, 0.25) is 0 Å². The smallest absolute Gasteiger partial charge is 0.330 e. The van der Waals surface area contributed by atoms with E-state index >= 15 is 0 Å². The molecule has 1 aliphatic rings. The van der Waals surface area contributed by atoms with Gasteiger partial charge >= 0.3 is 6.18 Å². The summed E-state index contributed by atoms with van der Waals surface area (Å²) in [5, 5.41) is 0. The zero-order valence-electron chi connectivity index (χ0n) is 10.5. The van der Waals surface area contributed by atoms with Gasteiger partial charge in [0.2, 0.25) is 0 Å². The molecule has 0 aromatic rings. The molecule has 0 aliphatic heterocycles. The van der Waals surface area contributed by atoms with Crippen LogP contribution in [0.5, 0.6) is 0 Å². The average molecular weight is 252 g/mol. The van der Waals surface area contributed by atoms with Crippen LogP contribution in [-0.2, 0) is 0 Å². The standard InChI is InChI=1S/C12H23F3N2/c1-2-7-17(9-12(13,14)15)11-6-4-3-5-10(11)8-16/h10-11H,2-9,16H2,1H3. The molecule has 0 radical (unpaired) electrons. The number of rotatable bonds is 5. The van der Waals surface area contributed by atoms with Gasteiger partial charge in [0.15, 0.2) is 0 Å². The predicted molar refractivity (Wildman–Crippen MR) is 62.7 cm³/mol. The van der Waals surface area contributed by atoms with Crippen LogP contribution in [0.25, 0.3) is 0 Å². The summed E-state index contributed by atoms with van der Waals surface area (Å²) in [7, 11) is 0. The minimum Gasteiger partial charge on any atom is -0.330 e. The molecule has 0 aromatic carbocycles. The number of alkyl halides is 3. The van der Waals surface area contributed by atoms with Crippen molar-refractivity contribution in [3.63, 3.8) is 0 Å². The van der Waals surface area contributed by atoms with Gasteiger partial charge in [0.1, 0.15) is 0 Å². The molecule has 5 heteroatoms. The van der Waals surface area contributed by atoms with Crippen LogP contribution < -0.4 is 5.73 Å². The van der Waals surface area contributed by atoms with Crippen LogP contribution >= 0.6 is 0 Å². The molecule has 0 saturated heterocycles. The van der Waals surface area contributed by atoms with E-state index in [2.05, 4.69) is 0 Å². The van der Waals surface area contributed by atoms with E-state index in [0.717, 1.165) is 32.1 Å². The maximum atomic E-state index is 12.5. The highest BCUT2D eigenvalue weighted by molar-refractivity contribution is 4.84. The molecule has 0 amide bonds. The van der Waals surface area contributed by atoms with Crippen molar-refractivity contribution < 1.29 is 13.2 Å². The lowest BCUT2D eigenvalue weighted by atomic mass is 9.83. The first kappa shape index (κ1) is 14.8. The van der Waals surface area contributed by atoms with Gasteiger partial charge in [-0.15, -0.1) is 0 Å². The van der Waals surface area contributed by atoms with Gasteiger partial charge in [-0.2, -0.15) is 13.2 Å². The maximum Gasteiger partial charge on any atom is 0.401 e. The molecule has 2 atom stereocenters. The molecule has 0 heterocycles. The van der Waals surface area contributed by atoms with Crippen LogP contribution in [0.1, 0.15) is 39.0 Å². The predicted octanol–water partition coefficient (Wildman–Crippen LogP) is 2.78. The summed E-state index contributed by atoms with van der Waals surface area (Å²) >= 11 is 0. The van der Waals surface area contributed by atoms with Gasteiger partial charge in [-0.3, -0.25) is 4.90 Å². The van der Waals surface area contributed by atoms with E-state index in [1.807, 2.05) is 6.92 Å². The van der Waals surface area contributed by atoms with E-state index in [-0.39, 0.29) is 12.0 Å².